The number of esters is 1. The molecule has 326 valence electrons. The third-order valence-corrected chi connectivity index (χ3v) is 11.5. The third kappa shape index (κ3) is 13.0. The van der Waals surface area contributed by atoms with Crippen molar-refractivity contribution < 1.29 is 67.6 Å². The van der Waals surface area contributed by atoms with Crippen molar-refractivity contribution in [3.8, 4) is 0 Å². The van der Waals surface area contributed by atoms with E-state index in [1.165, 1.54) is 20.3 Å². The monoisotopic (exact) mass is 811 g/mol. The van der Waals surface area contributed by atoms with Crippen molar-refractivity contribution >= 4 is 18.0 Å². The first kappa shape index (κ1) is 49.0. The first-order valence-electron chi connectivity index (χ1n) is 20.1. The number of aliphatic hydroxyl groups is 3. The van der Waals surface area contributed by atoms with Crippen LogP contribution in [0.3, 0.4) is 0 Å². The van der Waals surface area contributed by atoms with Gasteiger partial charge in [0.2, 0.25) is 0 Å². The molecule has 0 bridgehead atoms. The minimum atomic E-state index is -1.30. The number of ether oxygens (including phenoxy) is 8. The Bertz CT molecular complexity index is 1340. The van der Waals surface area contributed by atoms with E-state index in [1.807, 2.05) is 45.8 Å². The molecule has 3 aliphatic heterocycles. The molecule has 0 aromatic heterocycles. The lowest BCUT2D eigenvalue weighted by Crippen LogP contribution is -2.64. The highest BCUT2D eigenvalue weighted by Gasteiger charge is 2.49. The van der Waals surface area contributed by atoms with Gasteiger partial charge in [-0.25, -0.2) is 0 Å². The molecule has 3 aliphatic rings. The summed E-state index contributed by atoms with van der Waals surface area (Å²) in [6.07, 6.45) is -2.74. The van der Waals surface area contributed by atoms with Gasteiger partial charge in [-0.1, -0.05) is 44.6 Å². The van der Waals surface area contributed by atoms with E-state index in [0.717, 1.165) is 6.29 Å². The maximum atomic E-state index is 13.6. The van der Waals surface area contributed by atoms with Crippen LogP contribution in [0, 0.1) is 23.7 Å². The van der Waals surface area contributed by atoms with Crippen LogP contribution in [0.15, 0.2) is 36.5 Å². The van der Waals surface area contributed by atoms with Crippen LogP contribution in [-0.4, -0.2) is 159 Å². The van der Waals surface area contributed by atoms with Crippen LogP contribution >= 0.6 is 0 Å². The molecule has 0 aliphatic carbocycles. The fraction of sp³-hybridized carbons (Fsp3) is 0.786. The van der Waals surface area contributed by atoms with Crippen LogP contribution in [0.25, 0.3) is 0 Å². The predicted octanol–water partition coefficient (Wildman–Crippen LogP) is 2.77. The SMILES string of the molecule is C=CCO[C@H]1[C@H](N(C)C)[C@@H](O)[C@H](O[C@H]2[C@@H](CC=O)C[C@@H](C)C(=O)/C=C/C(C)=C/[C@H](CO[C@@H]3O[C@H](C)[C@@H](O)[C@@H](OC)[C@H]3OC)[C@@H](CC)OC(=O)C[C@@H](O)[C@@H]2C)O[C@@H]1C. The molecule has 0 amide bonds. The van der Waals surface area contributed by atoms with E-state index in [2.05, 4.69) is 6.58 Å². The van der Waals surface area contributed by atoms with Gasteiger partial charge in [-0.2, -0.15) is 0 Å². The van der Waals surface area contributed by atoms with Crippen LogP contribution < -0.4 is 0 Å². The summed E-state index contributed by atoms with van der Waals surface area (Å²) in [7, 11) is 6.57. The number of cyclic esters (lactones) is 1. The highest BCUT2D eigenvalue weighted by atomic mass is 16.7. The Kier molecular flexibility index (Phi) is 20.1. The number of allylic oxidation sites excluding steroid dienone is 3. The normalized spacial score (nSPS) is 41.9. The second-order valence-electron chi connectivity index (χ2n) is 16.0. The zero-order valence-electron chi connectivity index (χ0n) is 35.4. The Labute approximate surface area is 338 Å². The van der Waals surface area contributed by atoms with E-state index in [0.29, 0.717) is 12.0 Å². The fourth-order valence-electron chi connectivity index (χ4n) is 8.15. The van der Waals surface area contributed by atoms with Crippen molar-refractivity contribution in [1.29, 1.82) is 0 Å². The van der Waals surface area contributed by atoms with Crippen LogP contribution in [0.4, 0.5) is 0 Å². The molecule has 3 heterocycles. The summed E-state index contributed by atoms with van der Waals surface area (Å²) in [4.78, 5) is 41.2. The number of rotatable bonds is 14. The van der Waals surface area contributed by atoms with Gasteiger partial charge in [-0.3, -0.25) is 9.59 Å². The van der Waals surface area contributed by atoms with E-state index in [1.54, 1.807) is 32.9 Å². The maximum Gasteiger partial charge on any atom is 0.308 e. The van der Waals surface area contributed by atoms with Gasteiger partial charge in [0.1, 0.15) is 42.9 Å². The molecular weight excluding hydrogens is 742 g/mol. The van der Waals surface area contributed by atoms with E-state index in [9.17, 15) is 29.7 Å². The Morgan fingerprint density at radius 3 is 2.18 bits per heavy atom. The quantitative estimate of drug-likeness (QED) is 0.132. The number of methoxy groups -OCH3 is 2. The summed E-state index contributed by atoms with van der Waals surface area (Å²) in [6.45, 7) is 14.7. The molecule has 17 atom stereocenters. The average molecular weight is 812 g/mol. The summed E-state index contributed by atoms with van der Waals surface area (Å²) in [6, 6.07) is -0.545. The molecule has 2 fully saturated rings. The fourth-order valence-corrected chi connectivity index (χ4v) is 8.15. The van der Waals surface area contributed by atoms with E-state index < -0.39 is 116 Å². The second-order valence-corrected chi connectivity index (χ2v) is 16.0. The van der Waals surface area contributed by atoms with Crippen LogP contribution in [0.2, 0.25) is 0 Å². The van der Waals surface area contributed by atoms with Gasteiger partial charge in [0.05, 0.1) is 50.1 Å². The lowest BCUT2D eigenvalue weighted by atomic mass is 9.79. The van der Waals surface area contributed by atoms with E-state index >= 15 is 0 Å². The molecule has 15 heteroatoms. The zero-order chi connectivity index (χ0) is 42.6. The number of likely N-dealkylation sites (N-methyl/N-ethyl adjacent to an activating group) is 1. The zero-order valence-corrected chi connectivity index (χ0v) is 35.4. The second kappa shape index (κ2) is 23.4. The molecular formula is C42H69NO14. The van der Waals surface area contributed by atoms with Crippen molar-refractivity contribution in [2.24, 2.45) is 23.7 Å². The van der Waals surface area contributed by atoms with Crippen LogP contribution in [0.5, 0.6) is 0 Å². The summed E-state index contributed by atoms with van der Waals surface area (Å²) in [5.74, 6) is -3.30. The van der Waals surface area contributed by atoms with Gasteiger partial charge in [-0.05, 0) is 59.7 Å². The topological polar surface area (TPSA) is 189 Å². The van der Waals surface area contributed by atoms with Crippen molar-refractivity contribution in [2.75, 3.05) is 41.5 Å². The molecule has 0 spiro atoms. The summed E-state index contributed by atoms with van der Waals surface area (Å²) in [5, 5.41) is 33.9. The number of ketones is 1. The van der Waals surface area contributed by atoms with Crippen molar-refractivity contribution in [3.05, 3.63) is 36.5 Å². The Morgan fingerprint density at radius 1 is 0.912 bits per heavy atom. The van der Waals surface area contributed by atoms with Gasteiger partial charge < -0.3 is 62.9 Å². The lowest BCUT2D eigenvalue weighted by Gasteiger charge is -2.48. The van der Waals surface area contributed by atoms with Crippen molar-refractivity contribution in [3.63, 3.8) is 0 Å². The first-order valence-corrected chi connectivity index (χ1v) is 20.1. The molecule has 3 rings (SSSR count). The van der Waals surface area contributed by atoms with Gasteiger partial charge in [-0.15, -0.1) is 6.58 Å². The predicted molar refractivity (Wildman–Crippen MR) is 210 cm³/mol. The van der Waals surface area contributed by atoms with E-state index in [-0.39, 0.29) is 31.8 Å². The molecule has 57 heavy (non-hydrogen) atoms. The van der Waals surface area contributed by atoms with Crippen LogP contribution in [-0.2, 0) is 52.3 Å². The average Bonchev–Trinajstić information content (AvgIpc) is 3.16. The first-order chi connectivity index (χ1) is 27.0. The van der Waals surface area contributed by atoms with Crippen LogP contribution in [0.1, 0.15) is 67.2 Å². The van der Waals surface area contributed by atoms with Crippen molar-refractivity contribution in [1.82, 2.24) is 4.90 Å². The number of aliphatic hydroxyl groups excluding tert-OH is 3. The molecule has 0 unspecified atom stereocenters. The number of hydrogen-bond acceptors (Lipinski definition) is 15. The van der Waals surface area contributed by atoms with Gasteiger partial charge >= 0.3 is 5.97 Å². The molecule has 2 saturated heterocycles. The highest BCUT2D eigenvalue weighted by molar-refractivity contribution is 5.91. The Hall–Kier alpha value is -2.41. The van der Waals surface area contributed by atoms with Gasteiger partial charge in [0.15, 0.2) is 18.4 Å². The van der Waals surface area contributed by atoms with Gasteiger partial charge in [0.25, 0.3) is 0 Å². The number of hydrogen-bond donors (Lipinski definition) is 3. The molecule has 0 aromatic rings. The minimum Gasteiger partial charge on any atom is -0.462 e. The summed E-state index contributed by atoms with van der Waals surface area (Å²) >= 11 is 0. The Balaban J connectivity index is 1.97. The maximum absolute atomic E-state index is 13.6. The van der Waals surface area contributed by atoms with Crippen molar-refractivity contribution in [2.45, 2.75) is 147 Å². The highest BCUT2D eigenvalue weighted by Crippen LogP contribution is 2.35. The summed E-state index contributed by atoms with van der Waals surface area (Å²) < 4.78 is 48.2. The summed E-state index contributed by atoms with van der Waals surface area (Å²) in [5.41, 5.74) is 0.708. The molecule has 0 radical (unpaired) electrons. The molecule has 3 N–H and O–H groups in total. The van der Waals surface area contributed by atoms with E-state index in [4.69, 9.17) is 37.9 Å². The number of nitrogens with zero attached hydrogens (tertiary/aromatic N) is 1. The largest absolute Gasteiger partial charge is 0.462 e. The van der Waals surface area contributed by atoms with Gasteiger partial charge in [0, 0.05) is 38.4 Å². The minimum absolute atomic E-state index is 0.00984. The number of carbonyl (C=O) groups is 3. The standard InChI is InChI=1S/C42H69NO14/c1-12-18-52-38-27(7)55-41(36(49)34(38)43(8)9)57-37-25(5)31(46)21-33(47)56-32(13-2)29(19-23(3)14-15-30(45)24(4)20-28(37)16-17-44)22-53-42-40(51-11)39(50-10)35(48)26(6)54-42/h12,14-15,17,19,24-29,31-32,34-42,46,48-49H,1,13,16,18,20-22H2,2-11H3/b15-14+,23-19+/t24-,25+,26-,27-,28+,29-,31-,32-,34-,35-,36-,37-,38-,39-,40-,41+,42-/m1/s1. The molecule has 0 saturated carbocycles. The number of aldehydes is 1. The lowest BCUT2D eigenvalue weighted by molar-refractivity contribution is -0.308. The molecule has 0 aromatic carbocycles. The smallest absolute Gasteiger partial charge is 0.308 e. The third-order valence-electron chi connectivity index (χ3n) is 11.5. The molecule has 15 nitrogen and oxygen atoms in total. The Morgan fingerprint density at radius 2 is 1.58 bits per heavy atom. The number of carbonyl (C=O) groups excluding carboxylic acids is 3.